The zero-order chi connectivity index (χ0) is 40.0. The summed E-state index contributed by atoms with van der Waals surface area (Å²) in [6.45, 7) is 18.4. The zero-order valence-electron chi connectivity index (χ0n) is 35.1. The van der Waals surface area contributed by atoms with E-state index in [4.69, 9.17) is 11.6 Å². The van der Waals surface area contributed by atoms with Gasteiger partial charge >= 0.3 is 116 Å². The maximum absolute atomic E-state index is 5.86. The van der Waals surface area contributed by atoms with E-state index in [1.807, 2.05) is 24.3 Å². The first kappa shape index (κ1) is 47.1. The summed E-state index contributed by atoms with van der Waals surface area (Å²) in [5.41, 5.74) is 18.9. The van der Waals surface area contributed by atoms with Crippen molar-refractivity contribution < 1.29 is 24.2 Å². The second-order valence-electron chi connectivity index (χ2n) is 17.0. The fraction of sp³-hybridized carbons (Fsp3) is 0.241. The second-order valence-corrected chi connectivity index (χ2v) is 18.9. The van der Waals surface area contributed by atoms with E-state index in [-0.39, 0.29) is 35.6 Å². The molecular formula is C54H55Cl3Zr. The van der Waals surface area contributed by atoms with E-state index in [1.165, 1.54) is 105 Å². The number of rotatable bonds is 5. The number of halogens is 3. The molecule has 0 nitrogen and oxygen atoms in total. The van der Waals surface area contributed by atoms with Crippen LogP contribution in [0.15, 0.2) is 140 Å². The Morgan fingerprint density at radius 2 is 1.21 bits per heavy atom. The van der Waals surface area contributed by atoms with Crippen molar-refractivity contribution in [2.45, 2.75) is 85.5 Å². The molecule has 0 saturated heterocycles. The molecule has 6 aromatic carbocycles. The molecule has 6 aromatic rings. The van der Waals surface area contributed by atoms with Gasteiger partial charge in [0.15, 0.2) is 0 Å². The summed E-state index contributed by atoms with van der Waals surface area (Å²) >= 11 is 7.34. The number of hydrogen-bond acceptors (Lipinski definition) is 0. The van der Waals surface area contributed by atoms with Crippen LogP contribution >= 0.6 is 36.4 Å². The Bertz CT molecular complexity index is 2270. The average Bonchev–Trinajstić information content (AvgIpc) is 3.87. The van der Waals surface area contributed by atoms with Gasteiger partial charge in [-0.2, -0.15) is 6.08 Å². The van der Waals surface area contributed by atoms with Crippen LogP contribution in [0.3, 0.4) is 0 Å². The maximum atomic E-state index is 5.86. The van der Waals surface area contributed by atoms with Crippen molar-refractivity contribution in [3.05, 3.63) is 201 Å². The molecule has 0 amide bonds. The molecule has 0 aromatic heterocycles. The largest absolute Gasteiger partial charge is 0.273 e. The molecule has 8 rings (SSSR count). The Hall–Kier alpha value is -3.58. The smallest absolute Gasteiger partial charge is 0.109 e. The van der Waals surface area contributed by atoms with Gasteiger partial charge in [-0.1, -0.05) is 124 Å². The molecule has 0 N–H and O–H groups in total. The van der Waals surface area contributed by atoms with Gasteiger partial charge in [-0.05, 0) is 58.9 Å². The maximum Gasteiger partial charge on any atom is -0.109 e. The molecule has 0 atom stereocenters. The van der Waals surface area contributed by atoms with E-state index in [2.05, 4.69) is 183 Å². The zero-order valence-corrected chi connectivity index (χ0v) is 39.9. The van der Waals surface area contributed by atoms with E-state index >= 15 is 0 Å². The van der Waals surface area contributed by atoms with Crippen LogP contribution in [0.4, 0.5) is 0 Å². The van der Waals surface area contributed by atoms with Crippen molar-refractivity contribution >= 4 is 39.6 Å². The summed E-state index contributed by atoms with van der Waals surface area (Å²) in [6.07, 6.45) is 12.0. The van der Waals surface area contributed by atoms with Crippen LogP contribution in [0.25, 0.3) is 33.4 Å². The Morgan fingerprint density at radius 1 is 0.638 bits per heavy atom. The number of benzene rings is 6. The third-order valence-electron chi connectivity index (χ3n) is 10.5. The fourth-order valence-electron chi connectivity index (χ4n) is 7.46. The van der Waals surface area contributed by atoms with Gasteiger partial charge in [0.1, 0.15) is 0 Å². The first-order valence-corrected chi connectivity index (χ1v) is 21.3. The topological polar surface area (TPSA) is 0 Å². The fourth-order valence-corrected chi connectivity index (χ4v) is 8.50. The van der Waals surface area contributed by atoms with Crippen LogP contribution in [0.1, 0.15) is 92.5 Å². The molecule has 4 heteroatoms. The van der Waals surface area contributed by atoms with E-state index in [0.29, 0.717) is 0 Å². The second kappa shape index (κ2) is 20.6. The van der Waals surface area contributed by atoms with Gasteiger partial charge in [0.25, 0.3) is 0 Å². The van der Waals surface area contributed by atoms with Crippen LogP contribution in [0.2, 0.25) is 5.02 Å². The Labute approximate surface area is 381 Å². The van der Waals surface area contributed by atoms with Crippen molar-refractivity contribution in [1.29, 1.82) is 0 Å². The number of fused-ring (bicyclic) bond motifs is 3. The molecule has 0 bridgehead atoms. The summed E-state index contributed by atoms with van der Waals surface area (Å²) < 4.78 is 1.47. The predicted molar refractivity (Wildman–Crippen MR) is 253 cm³/mol. The number of hydrogen-bond donors (Lipinski definition) is 0. The molecule has 0 aliphatic heterocycles. The normalized spacial score (nSPS) is 12.2. The monoisotopic (exact) mass is 898 g/mol. The minimum atomic E-state index is 0. The van der Waals surface area contributed by atoms with E-state index in [0.717, 1.165) is 24.3 Å². The molecular weight excluding hydrogens is 846 g/mol. The number of aryl methyl sites for hydroxylation is 2. The van der Waals surface area contributed by atoms with Gasteiger partial charge in [0.05, 0.1) is 0 Å². The van der Waals surface area contributed by atoms with Gasteiger partial charge in [0.2, 0.25) is 0 Å². The average molecular weight is 902 g/mol. The van der Waals surface area contributed by atoms with Crippen LogP contribution in [-0.2, 0) is 47.9 Å². The van der Waals surface area contributed by atoms with E-state index in [1.54, 1.807) is 0 Å². The summed E-state index contributed by atoms with van der Waals surface area (Å²) in [4.78, 5) is 0. The third-order valence-corrected chi connectivity index (χ3v) is 11.9. The third kappa shape index (κ3) is 11.6. The summed E-state index contributed by atoms with van der Waals surface area (Å²) in [5.74, 6) is 0. The van der Waals surface area contributed by atoms with Gasteiger partial charge in [0, 0.05) is 0 Å². The van der Waals surface area contributed by atoms with Gasteiger partial charge in [-0.25, -0.2) is 12.2 Å². The molecule has 58 heavy (non-hydrogen) atoms. The molecule has 0 heterocycles. The summed E-state index contributed by atoms with van der Waals surface area (Å²) in [6, 6.07) is 47.5. The van der Waals surface area contributed by atoms with Crippen molar-refractivity contribution in [1.82, 2.24) is 0 Å². The molecule has 0 fully saturated rings. The molecule has 296 valence electrons. The minimum absolute atomic E-state index is 0. The van der Waals surface area contributed by atoms with Crippen molar-refractivity contribution in [3.63, 3.8) is 0 Å². The van der Waals surface area contributed by atoms with Crippen LogP contribution in [0, 0.1) is 26.0 Å². The molecule has 0 saturated carbocycles. The molecule has 0 unspecified atom stereocenters. The molecule has 0 spiro atoms. The van der Waals surface area contributed by atoms with Crippen LogP contribution in [-0.4, -0.2) is 3.21 Å². The Morgan fingerprint density at radius 3 is 1.74 bits per heavy atom. The van der Waals surface area contributed by atoms with E-state index in [9.17, 15) is 0 Å². The van der Waals surface area contributed by atoms with Gasteiger partial charge in [-0.3, -0.25) is 6.08 Å². The standard InChI is InChI=1S/C35H37.C14H11Cl.C5H5.2ClH.Zr/c1-22-13-9-11-15-26(22)30-18-24-17-25-19-31(27-16-12-10-14-23(27)2)33(35(6,7)8)21-29(25)28(24)20-32(30)34(3,4)5;15-14-10-8-13(9-11-14)7-6-12-4-2-1-3-5-12;1-2-4-5-3-1;;;/h9-16,18,20-21H,17H2,1-8H3;1-5,8-11H,7H2;1-3H,4H2;2*1H;/q-1;;-1;;;+2. The van der Waals surface area contributed by atoms with Gasteiger partial charge < -0.3 is 0 Å². The van der Waals surface area contributed by atoms with Crippen LogP contribution in [0.5, 0.6) is 0 Å². The first-order valence-electron chi connectivity index (χ1n) is 19.7. The molecule has 2 aliphatic carbocycles. The van der Waals surface area contributed by atoms with Gasteiger partial charge in [-0.15, -0.1) is 60.1 Å². The minimum Gasteiger partial charge on any atom is -0.273 e. The summed E-state index contributed by atoms with van der Waals surface area (Å²) in [5, 5.41) is 0.800. The summed E-state index contributed by atoms with van der Waals surface area (Å²) in [7, 11) is 0. The predicted octanol–water partition coefficient (Wildman–Crippen LogP) is 15.4. The number of allylic oxidation sites excluding steroid dienone is 4. The Kier molecular flexibility index (Phi) is 16.7. The quantitative estimate of drug-likeness (QED) is 0.151. The first-order chi connectivity index (χ1) is 26.7. The van der Waals surface area contributed by atoms with Crippen molar-refractivity contribution in [3.8, 4) is 33.4 Å². The van der Waals surface area contributed by atoms with Crippen LogP contribution < -0.4 is 0 Å². The molecule has 0 radical (unpaired) electrons. The SMILES string of the molecule is Cc1ccccc1-c1[c-]c2c(cc1C(C)(C)C)-c1cc(C(C)(C)C)c(-c3ccccc3C)cc1C2.Cl.Cl.Clc1ccc(C[C](=[Zr+2])c2ccccc2)cc1.[C-]1=CC=CC1. The Balaban J connectivity index is 0.000000268. The molecule has 2 aliphatic rings. The van der Waals surface area contributed by atoms with E-state index < -0.39 is 0 Å². The van der Waals surface area contributed by atoms with Crippen molar-refractivity contribution in [2.24, 2.45) is 0 Å². The van der Waals surface area contributed by atoms with Crippen molar-refractivity contribution in [2.75, 3.05) is 0 Å².